The molecule has 2 aromatic heterocycles. The number of hydrogen-bond donors (Lipinski definition) is 0. The molecule has 4 heterocycles. The lowest BCUT2D eigenvalue weighted by Crippen LogP contribution is -2.43. The molecule has 2 atom stereocenters. The van der Waals surface area contributed by atoms with Gasteiger partial charge in [-0.1, -0.05) is 0 Å². The van der Waals surface area contributed by atoms with Gasteiger partial charge in [-0.05, 0) is 40.6 Å². The molecular formula is C17H20N4OS. The highest BCUT2D eigenvalue weighted by Gasteiger charge is 2.38. The lowest BCUT2D eigenvalue weighted by molar-refractivity contribution is 0.0635. The number of thiophene rings is 1. The van der Waals surface area contributed by atoms with Crippen molar-refractivity contribution >= 4 is 17.2 Å². The van der Waals surface area contributed by atoms with Crippen molar-refractivity contribution in [2.24, 2.45) is 11.8 Å². The number of carbonyl (C=O) groups is 1. The third kappa shape index (κ3) is 3.14. The molecule has 0 aromatic carbocycles. The van der Waals surface area contributed by atoms with Gasteiger partial charge in [0.05, 0.1) is 6.20 Å². The first-order chi connectivity index (χ1) is 11.3. The van der Waals surface area contributed by atoms with Crippen LogP contribution in [0.3, 0.4) is 0 Å². The molecule has 0 saturated carbocycles. The van der Waals surface area contributed by atoms with Gasteiger partial charge in [0.15, 0.2) is 0 Å². The number of hydrogen-bond acceptors (Lipinski definition) is 5. The second-order valence-electron chi connectivity index (χ2n) is 6.48. The van der Waals surface area contributed by atoms with Gasteiger partial charge in [0.2, 0.25) is 0 Å². The second-order valence-corrected chi connectivity index (χ2v) is 7.26. The molecule has 1 amide bonds. The summed E-state index contributed by atoms with van der Waals surface area (Å²) in [6.45, 7) is 4.97. The van der Waals surface area contributed by atoms with Crippen LogP contribution in [0, 0.1) is 11.8 Å². The number of aromatic nitrogens is 2. The Bertz CT molecular complexity index is 660. The van der Waals surface area contributed by atoms with Crippen molar-refractivity contribution in [3.63, 3.8) is 0 Å². The Morgan fingerprint density at radius 3 is 2.96 bits per heavy atom. The van der Waals surface area contributed by atoms with E-state index in [4.69, 9.17) is 0 Å². The summed E-state index contributed by atoms with van der Waals surface area (Å²) >= 11 is 1.76. The fraction of sp³-hybridized carbons (Fsp3) is 0.471. The topological polar surface area (TPSA) is 49.3 Å². The number of fused-ring (bicyclic) bond motifs is 1. The summed E-state index contributed by atoms with van der Waals surface area (Å²) in [5.74, 6) is 1.33. The zero-order valence-corrected chi connectivity index (χ0v) is 13.8. The Morgan fingerprint density at radius 1 is 1.26 bits per heavy atom. The van der Waals surface area contributed by atoms with Crippen LogP contribution in [0.5, 0.6) is 0 Å². The van der Waals surface area contributed by atoms with Crippen LogP contribution in [0.15, 0.2) is 35.4 Å². The van der Waals surface area contributed by atoms with Crippen molar-refractivity contribution in [2.45, 2.75) is 13.0 Å². The molecule has 0 spiro atoms. The summed E-state index contributed by atoms with van der Waals surface area (Å²) in [7, 11) is 0. The molecule has 5 nitrogen and oxygen atoms in total. The Hall–Kier alpha value is -1.79. The Balaban J connectivity index is 1.39. The average Bonchev–Trinajstić information content (AvgIpc) is 3.23. The van der Waals surface area contributed by atoms with Crippen molar-refractivity contribution in [1.29, 1.82) is 0 Å². The van der Waals surface area contributed by atoms with Crippen molar-refractivity contribution in [3.05, 3.63) is 46.7 Å². The Labute approximate surface area is 140 Å². The molecule has 0 bridgehead atoms. The van der Waals surface area contributed by atoms with Crippen LogP contribution in [-0.4, -0.2) is 51.9 Å². The van der Waals surface area contributed by atoms with Crippen molar-refractivity contribution in [3.8, 4) is 0 Å². The van der Waals surface area contributed by atoms with Gasteiger partial charge < -0.3 is 4.90 Å². The lowest BCUT2D eigenvalue weighted by Gasteiger charge is -2.34. The Kier molecular flexibility index (Phi) is 4.10. The highest BCUT2D eigenvalue weighted by atomic mass is 32.1. The quantitative estimate of drug-likeness (QED) is 0.866. The number of nitrogens with zero attached hydrogens (tertiary/aromatic N) is 4. The normalized spacial score (nSPS) is 24.6. The lowest BCUT2D eigenvalue weighted by atomic mass is 9.88. The third-order valence-electron chi connectivity index (χ3n) is 4.93. The van der Waals surface area contributed by atoms with Crippen LogP contribution >= 0.6 is 11.3 Å². The van der Waals surface area contributed by atoms with Gasteiger partial charge >= 0.3 is 0 Å². The molecule has 2 aliphatic heterocycles. The predicted octanol–water partition coefficient (Wildman–Crippen LogP) is 2.13. The van der Waals surface area contributed by atoms with E-state index in [0.717, 1.165) is 45.1 Å². The summed E-state index contributed by atoms with van der Waals surface area (Å²) in [6.07, 6.45) is 5.84. The van der Waals surface area contributed by atoms with Gasteiger partial charge in [-0.3, -0.25) is 14.7 Å². The van der Waals surface area contributed by atoms with E-state index < -0.39 is 0 Å². The number of carbonyl (C=O) groups excluding carboxylic acids is 1. The zero-order chi connectivity index (χ0) is 15.6. The molecule has 2 aliphatic rings. The summed E-state index contributed by atoms with van der Waals surface area (Å²) in [5.41, 5.74) is 1.86. The molecular weight excluding hydrogens is 308 g/mol. The standard InChI is InChI=1S/C17H20N4OS/c22-17(16-7-18-3-4-19-16)21-5-1-14-9-20(10-15(14)11-21)8-13-2-6-23-12-13/h2-4,6-7,12,14-15H,1,5,8-11H2/t14-,15-/m0/s1. The van der Waals surface area contributed by atoms with Crippen LogP contribution < -0.4 is 0 Å². The van der Waals surface area contributed by atoms with E-state index in [-0.39, 0.29) is 5.91 Å². The summed E-state index contributed by atoms with van der Waals surface area (Å²) in [5, 5.41) is 4.37. The fourth-order valence-corrected chi connectivity index (χ4v) is 4.45. The largest absolute Gasteiger partial charge is 0.337 e. The number of rotatable bonds is 3. The fourth-order valence-electron chi connectivity index (χ4n) is 3.79. The van der Waals surface area contributed by atoms with Crippen LogP contribution in [-0.2, 0) is 6.54 Å². The van der Waals surface area contributed by atoms with E-state index in [9.17, 15) is 4.79 Å². The van der Waals surface area contributed by atoms with Crippen molar-refractivity contribution in [1.82, 2.24) is 19.8 Å². The molecule has 0 aliphatic carbocycles. The molecule has 0 radical (unpaired) electrons. The first-order valence-electron chi connectivity index (χ1n) is 8.08. The molecule has 2 saturated heterocycles. The van der Waals surface area contributed by atoms with E-state index in [2.05, 4.69) is 31.7 Å². The van der Waals surface area contributed by atoms with E-state index in [1.165, 1.54) is 5.56 Å². The third-order valence-corrected chi connectivity index (χ3v) is 5.66. The molecule has 2 fully saturated rings. The number of likely N-dealkylation sites (tertiary alicyclic amines) is 2. The average molecular weight is 328 g/mol. The first-order valence-corrected chi connectivity index (χ1v) is 9.02. The van der Waals surface area contributed by atoms with Crippen LogP contribution in [0.2, 0.25) is 0 Å². The van der Waals surface area contributed by atoms with Gasteiger partial charge in [0.1, 0.15) is 5.69 Å². The summed E-state index contributed by atoms with van der Waals surface area (Å²) in [6, 6.07) is 2.20. The summed E-state index contributed by atoms with van der Waals surface area (Å²) < 4.78 is 0. The highest BCUT2D eigenvalue weighted by molar-refractivity contribution is 7.07. The minimum absolute atomic E-state index is 0.0211. The SMILES string of the molecule is O=C(c1cnccn1)N1CC[C@H]2CN(Cc3ccsc3)C[C@H]2C1. The number of piperidine rings is 1. The summed E-state index contributed by atoms with van der Waals surface area (Å²) in [4.78, 5) is 25.2. The van der Waals surface area contributed by atoms with E-state index in [1.54, 1.807) is 29.9 Å². The minimum Gasteiger partial charge on any atom is -0.337 e. The van der Waals surface area contributed by atoms with Gasteiger partial charge in [-0.15, -0.1) is 0 Å². The van der Waals surface area contributed by atoms with E-state index >= 15 is 0 Å². The molecule has 2 aromatic rings. The zero-order valence-electron chi connectivity index (χ0n) is 13.0. The maximum atomic E-state index is 12.5. The minimum atomic E-state index is 0.0211. The first kappa shape index (κ1) is 14.8. The predicted molar refractivity (Wildman–Crippen MR) is 89.1 cm³/mol. The van der Waals surface area contributed by atoms with Crippen LogP contribution in [0.4, 0.5) is 0 Å². The molecule has 0 N–H and O–H groups in total. The van der Waals surface area contributed by atoms with E-state index in [1.807, 2.05) is 4.90 Å². The van der Waals surface area contributed by atoms with Gasteiger partial charge in [0, 0.05) is 45.1 Å². The van der Waals surface area contributed by atoms with Crippen molar-refractivity contribution in [2.75, 3.05) is 26.2 Å². The maximum Gasteiger partial charge on any atom is 0.274 e. The highest BCUT2D eigenvalue weighted by Crippen LogP contribution is 2.32. The molecule has 6 heteroatoms. The number of amides is 1. The van der Waals surface area contributed by atoms with E-state index in [0.29, 0.717) is 11.6 Å². The molecule has 23 heavy (non-hydrogen) atoms. The van der Waals surface area contributed by atoms with Crippen molar-refractivity contribution < 1.29 is 4.79 Å². The van der Waals surface area contributed by atoms with Gasteiger partial charge in [-0.2, -0.15) is 11.3 Å². The van der Waals surface area contributed by atoms with Crippen LogP contribution in [0.25, 0.3) is 0 Å². The monoisotopic (exact) mass is 328 g/mol. The molecule has 4 rings (SSSR count). The second kappa shape index (κ2) is 6.37. The van der Waals surface area contributed by atoms with Gasteiger partial charge in [0.25, 0.3) is 5.91 Å². The smallest absolute Gasteiger partial charge is 0.274 e. The molecule has 120 valence electrons. The molecule has 0 unspecified atom stereocenters. The van der Waals surface area contributed by atoms with Gasteiger partial charge in [-0.25, -0.2) is 4.98 Å². The van der Waals surface area contributed by atoms with Crippen LogP contribution in [0.1, 0.15) is 22.5 Å². The Morgan fingerprint density at radius 2 is 2.17 bits per heavy atom. The maximum absolute atomic E-state index is 12.5.